The molecule has 0 amide bonds. The standard InChI is InChI=1S/C11H11ClN2S/c1-2-15-11-13-6-7-14(11)10-5-3-4-9(12)8-10/h3-8H,2H2,1H3. The van der Waals surface area contributed by atoms with Crippen molar-refractivity contribution in [1.82, 2.24) is 9.55 Å². The Morgan fingerprint density at radius 1 is 1.47 bits per heavy atom. The summed E-state index contributed by atoms with van der Waals surface area (Å²) in [7, 11) is 0. The highest BCUT2D eigenvalue weighted by atomic mass is 35.5. The van der Waals surface area contributed by atoms with Gasteiger partial charge in [0, 0.05) is 23.1 Å². The summed E-state index contributed by atoms with van der Waals surface area (Å²) in [4.78, 5) is 4.29. The number of halogens is 1. The molecule has 15 heavy (non-hydrogen) atoms. The minimum atomic E-state index is 0.744. The van der Waals surface area contributed by atoms with Crippen molar-refractivity contribution < 1.29 is 0 Å². The van der Waals surface area contributed by atoms with Gasteiger partial charge in [0.05, 0.1) is 0 Å². The summed E-state index contributed by atoms with van der Waals surface area (Å²) >= 11 is 7.67. The Hall–Kier alpha value is -0.930. The number of benzene rings is 1. The second kappa shape index (κ2) is 4.73. The van der Waals surface area contributed by atoms with Gasteiger partial charge in [-0.05, 0) is 24.0 Å². The highest BCUT2D eigenvalue weighted by molar-refractivity contribution is 7.99. The van der Waals surface area contributed by atoms with E-state index in [1.807, 2.05) is 35.0 Å². The Morgan fingerprint density at radius 2 is 2.33 bits per heavy atom. The maximum Gasteiger partial charge on any atom is 0.172 e. The molecule has 0 aliphatic heterocycles. The molecule has 4 heteroatoms. The molecule has 2 aromatic rings. The normalized spacial score (nSPS) is 10.5. The molecule has 2 nitrogen and oxygen atoms in total. The van der Waals surface area contributed by atoms with Crippen LogP contribution in [0.4, 0.5) is 0 Å². The van der Waals surface area contributed by atoms with Crippen LogP contribution in [0.3, 0.4) is 0 Å². The molecule has 1 aromatic heterocycles. The van der Waals surface area contributed by atoms with Gasteiger partial charge < -0.3 is 0 Å². The van der Waals surface area contributed by atoms with Gasteiger partial charge in [-0.15, -0.1) is 0 Å². The van der Waals surface area contributed by atoms with E-state index < -0.39 is 0 Å². The first-order chi connectivity index (χ1) is 7.31. The average molecular weight is 239 g/mol. The summed E-state index contributed by atoms with van der Waals surface area (Å²) in [5, 5.41) is 1.74. The van der Waals surface area contributed by atoms with Gasteiger partial charge in [0.25, 0.3) is 0 Å². The van der Waals surface area contributed by atoms with Crippen LogP contribution in [-0.4, -0.2) is 15.3 Å². The number of thioether (sulfide) groups is 1. The van der Waals surface area contributed by atoms with E-state index in [4.69, 9.17) is 11.6 Å². The van der Waals surface area contributed by atoms with Crippen molar-refractivity contribution in [3.05, 3.63) is 41.7 Å². The Morgan fingerprint density at radius 3 is 3.07 bits per heavy atom. The Labute approximate surface area is 98.3 Å². The first-order valence-electron chi connectivity index (χ1n) is 4.73. The third-order valence-corrected chi connectivity index (χ3v) is 3.05. The van der Waals surface area contributed by atoms with E-state index in [0.717, 1.165) is 21.6 Å². The molecule has 0 fully saturated rings. The molecule has 1 heterocycles. The topological polar surface area (TPSA) is 17.8 Å². The second-order valence-electron chi connectivity index (χ2n) is 2.99. The van der Waals surface area contributed by atoms with Gasteiger partial charge in [-0.3, -0.25) is 4.57 Å². The summed E-state index contributed by atoms with van der Waals surface area (Å²) in [5.74, 6) is 1.01. The van der Waals surface area contributed by atoms with Crippen molar-refractivity contribution >= 4 is 23.4 Å². The maximum atomic E-state index is 5.95. The number of aromatic nitrogens is 2. The zero-order chi connectivity index (χ0) is 10.7. The first kappa shape index (κ1) is 10.6. The summed E-state index contributed by atoms with van der Waals surface area (Å²) < 4.78 is 2.04. The van der Waals surface area contributed by atoms with Crippen LogP contribution in [0, 0.1) is 0 Å². The van der Waals surface area contributed by atoms with Gasteiger partial charge >= 0.3 is 0 Å². The highest BCUT2D eigenvalue weighted by Gasteiger charge is 2.04. The number of imidazole rings is 1. The average Bonchev–Trinajstić information content (AvgIpc) is 2.66. The lowest BCUT2D eigenvalue weighted by molar-refractivity contribution is 0.896. The highest BCUT2D eigenvalue weighted by Crippen LogP contribution is 2.21. The summed E-state index contributed by atoms with van der Waals surface area (Å²) in [6.07, 6.45) is 3.75. The number of hydrogen-bond acceptors (Lipinski definition) is 2. The van der Waals surface area contributed by atoms with Crippen molar-refractivity contribution in [1.29, 1.82) is 0 Å². The smallest absolute Gasteiger partial charge is 0.172 e. The molecule has 0 atom stereocenters. The predicted octanol–water partition coefficient (Wildman–Crippen LogP) is 3.64. The zero-order valence-electron chi connectivity index (χ0n) is 8.35. The molecule has 1 aromatic carbocycles. The van der Waals surface area contributed by atoms with Crippen molar-refractivity contribution in [2.24, 2.45) is 0 Å². The Bertz CT molecular complexity index is 453. The van der Waals surface area contributed by atoms with E-state index in [0.29, 0.717) is 0 Å². The SMILES string of the molecule is CCSc1nccn1-c1cccc(Cl)c1. The molecule has 0 spiro atoms. The Kier molecular flexibility index (Phi) is 3.34. The van der Waals surface area contributed by atoms with E-state index in [1.54, 1.807) is 18.0 Å². The number of rotatable bonds is 3. The molecule has 2 rings (SSSR count). The number of hydrogen-bond donors (Lipinski definition) is 0. The third kappa shape index (κ3) is 2.36. The molecule has 0 radical (unpaired) electrons. The lowest BCUT2D eigenvalue weighted by Crippen LogP contribution is -1.94. The molecule has 0 aliphatic carbocycles. The lowest BCUT2D eigenvalue weighted by Gasteiger charge is -2.06. The van der Waals surface area contributed by atoms with E-state index in [9.17, 15) is 0 Å². The molecule has 0 bridgehead atoms. The van der Waals surface area contributed by atoms with Crippen molar-refractivity contribution in [3.63, 3.8) is 0 Å². The third-order valence-electron chi connectivity index (χ3n) is 1.97. The van der Waals surface area contributed by atoms with Crippen molar-refractivity contribution in [2.75, 3.05) is 5.75 Å². The van der Waals surface area contributed by atoms with Crippen LogP contribution in [0.5, 0.6) is 0 Å². The minimum absolute atomic E-state index is 0.744. The van der Waals surface area contributed by atoms with Crippen LogP contribution in [-0.2, 0) is 0 Å². The zero-order valence-corrected chi connectivity index (χ0v) is 9.92. The summed E-state index contributed by atoms with van der Waals surface area (Å²) in [5.41, 5.74) is 1.05. The van der Waals surface area contributed by atoms with Crippen LogP contribution in [0.1, 0.15) is 6.92 Å². The van der Waals surface area contributed by atoms with Crippen molar-refractivity contribution in [2.45, 2.75) is 12.1 Å². The van der Waals surface area contributed by atoms with Gasteiger partial charge in [-0.2, -0.15) is 0 Å². The number of nitrogens with zero attached hydrogens (tertiary/aromatic N) is 2. The Balaban J connectivity index is 2.40. The first-order valence-corrected chi connectivity index (χ1v) is 6.09. The van der Waals surface area contributed by atoms with Gasteiger partial charge in [0.15, 0.2) is 5.16 Å². The maximum absolute atomic E-state index is 5.95. The van der Waals surface area contributed by atoms with Crippen LogP contribution in [0.25, 0.3) is 5.69 Å². The van der Waals surface area contributed by atoms with Crippen LogP contribution in [0.2, 0.25) is 5.02 Å². The predicted molar refractivity (Wildman–Crippen MR) is 65.0 cm³/mol. The second-order valence-corrected chi connectivity index (χ2v) is 4.66. The quantitative estimate of drug-likeness (QED) is 0.760. The van der Waals surface area contributed by atoms with Crippen LogP contribution in [0.15, 0.2) is 41.8 Å². The van der Waals surface area contributed by atoms with Gasteiger partial charge in [-0.25, -0.2) is 4.98 Å². The monoisotopic (exact) mass is 238 g/mol. The fraction of sp³-hybridized carbons (Fsp3) is 0.182. The largest absolute Gasteiger partial charge is 0.295 e. The lowest BCUT2D eigenvalue weighted by atomic mass is 10.3. The fourth-order valence-electron chi connectivity index (χ4n) is 1.35. The molecular weight excluding hydrogens is 228 g/mol. The van der Waals surface area contributed by atoms with Crippen molar-refractivity contribution in [3.8, 4) is 5.69 Å². The summed E-state index contributed by atoms with van der Waals surface area (Å²) in [6.45, 7) is 2.11. The molecule has 0 saturated carbocycles. The molecular formula is C11H11ClN2S. The van der Waals surface area contributed by atoms with E-state index in [-0.39, 0.29) is 0 Å². The van der Waals surface area contributed by atoms with Gasteiger partial charge in [0.2, 0.25) is 0 Å². The molecule has 0 saturated heterocycles. The van der Waals surface area contributed by atoms with E-state index in [1.165, 1.54) is 0 Å². The van der Waals surface area contributed by atoms with Gasteiger partial charge in [0.1, 0.15) is 0 Å². The fourth-order valence-corrected chi connectivity index (χ4v) is 2.23. The molecule has 78 valence electrons. The van der Waals surface area contributed by atoms with Crippen LogP contribution >= 0.6 is 23.4 Å². The molecule has 0 unspecified atom stereocenters. The summed E-state index contributed by atoms with van der Waals surface area (Å²) in [6, 6.07) is 7.77. The van der Waals surface area contributed by atoms with E-state index in [2.05, 4.69) is 11.9 Å². The molecule has 0 N–H and O–H groups in total. The van der Waals surface area contributed by atoms with E-state index >= 15 is 0 Å². The van der Waals surface area contributed by atoms with Crippen LogP contribution < -0.4 is 0 Å². The molecule has 0 aliphatic rings. The minimum Gasteiger partial charge on any atom is -0.295 e. The van der Waals surface area contributed by atoms with Gasteiger partial charge in [-0.1, -0.05) is 36.4 Å².